The first-order valence-electron chi connectivity index (χ1n) is 10.6. The molecule has 2 N–H and O–H groups in total. The summed E-state index contributed by atoms with van der Waals surface area (Å²) in [5.74, 6) is 1.36. The average Bonchev–Trinajstić information content (AvgIpc) is 3.48. The molecule has 29 heavy (non-hydrogen) atoms. The van der Waals surface area contributed by atoms with E-state index >= 15 is 0 Å². The molecule has 6 heteroatoms. The largest absolute Gasteiger partial charge is 0.306 e. The van der Waals surface area contributed by atoms with Crippen molar-refractivity contribution in [3.8, 4) is 11.4 Å². The lowest BCUT2D eigenvalue weighted by molar-refractivity contribution is 0.315. The van der Waals surface area contributed by atoms with Crippen LogP contribution in [-0.4, -0.2) is 32.1 Å². The summed E-state index contributed by atoms with van der Waals surface area (Å²) in [7, 11) is 2.12. The third kappa shape index (κ3) is 4.03. The van der Waals surface area contributed by atoms with Crippen molar-refractivity contribution >= 4 is 0 Å². The minimum absolute atomic E-state index is 0.0265. The fourth-order valence-electron chi connectivity index (χ4n) is 4.22. The van der Waals surface area contributed by atoms with E-state index in [1.807, 2.05) is 0 Å². The zero-order chi connectivity index (χ0) is 19.8. The van der Waals surface area contributed by atoms with Crippen LogP contribution in [0.3, 0.4) is 0 Å². The van der Waals surface area contributed by atoms with Gasteiger partial charge in [-0.2, -0.15) is 5.10 Å². The number of hydrogen-bond acceptors (Lipinski definition) is 4. The summed E-state index contributed by atoms with van der Waals surface area (Å²) in [6, 6.07) is 10.5. The van der Waals surface area contributed by atoms with Crippen LogP contribution in [0.4, 0.5) is 0 Å². The normalized spacial score (nSPS) is 16.2. The van der Waals surface area contributed by atoms with Crippen LogP contribution in [-0.2, 0) is 25.9 Å². The van der Waals surface area contributed by atoms with Crippen LogP contribution in [0.5, 0.6) is 0 Å². The van der Waals surface area contributed by atoms with Gasteiger partial charge in [0, 0.05) is 35.8 Å². The third-order valence-electron chi connectivity index (χ3n) is 5.96. The molecule has 0 unspecified atom stereocenters. The van der Waals surface area contributed by atoms with Gasteiger partial charge in [-0.05, 0) is 57.2 Å². The molecule has 150 valence electrons. The number of aromatic amines is 2. The Morgan fingerprint density at radius 3 is 2.69 bits per heavy atom. The SMILES string of the molecule is CN(Cc1ccc(-c2nc3c(c(=O)[nH]2)CCCC3)cc1)Cc1cc(C2CC2)n[nH]1. The second kappa shape index (κ2) is 7.59. The number of H-pyrrole nitrogens is 2. The summed E-state index contributed by atoms with van der Waals surface area (Å²) in [4.78, 5) is 22.4. The highest BCUT2D eigenvalue weighted by Crippen LogP contribution is 2.39. The minimum atomic E-state index is 0.0265. The van der Waals surface area contributed by atoms with Gasteiger partial charge in [0.15, 0.2) is 0 Å². The molecule has 2 aliphatic rings. The van der Waals surface area contributed by atoms with Crippen LogP contribution >= 0.6 is 0 Å². The predicted octanol–water partition coefficient (Wildman–Crippen LogP) is 3.55. The van der Waals surface area contributed by atoms with Gasteiger partial charge < -0.3 is 4.98 Å². The molecule has 5 rings (SSSR count). The van der Waals surface area contributed by atoms with Crippen LogP contribution < -0.4 is 5.56 Å². The Hall–Kier alpha value is -2.73. The Kier molecular flexibility index (Phi) is 4.79. The Morgan fingerprint density at radius 2 is 1.90 bits per heavy atom. The number of aryl methyl sites for hydroxylation is 1. The van der Waals surface area contributed by atoms with Crippen LogP contribution in [0.15, 0.2) is 35.1 Å². The molecule has 6 nitrogen and oxygen atoms in total. The lowest BCUT2D eigenvalue weighted by Crippen LogP contribution is -2.21. The molecular formula is C23H27N5O. The summed E-state index contributed by atoms with van der Waals surface area (Å²) >= 11 is 0. The number of aromatic nitrogens is 4. The summed E-state index contributed by atoms with van der Waals surface area (Å²) in [5.41, 5.74) is 6.46. The zero-order valence-corrected chi connectivity index (χ0v) is 16.9. The maximum Gasteiger partial charge on any atom is 0.254 e. The molecule has 2 aromatic heterocycles. The maximum atomic E-state index is 12.4. The molecular weight excluding hydrogens is 362 g/mol. The van der Waals surface area contributed by atoms with Crippen molar-refractivity contribution in [2.75, 3.05) is 7.05 Å². The molecule has 2 aliphatic carbocycles. The summed E-state index contributed by atoms with van der Waals surface area (Å²) in [6.45, 7) is 1.70. The maximum absolute atomic E-state index is 12.4. The van der Waals surface area contributed by atoms with Gasteiger partial charge in [0.2, 0.25) is 0 Å². The highest BCUT2D eigenvalue weighted by Gasteiger charge is 2.26. The molecule has 0 radical (unpaired) electrons. The van der Waals surface area contributed by atoms with Crippen molar-refractivity contribution in [2.45, 2.75) is 57.5 Å². The first-order chi connectivity index (χ1) is 14.2. The Balaban J connectivity index is 1.26. The van der Waals surface area contributed by atoms with Gasteiger partial charge >= 0.3 is 0 Å². The van der Waals surface area contributed by atoms with E-state index < -0.39 is 0 Å². The second-order valence-corrected chi connectivity index (χ2v) is 8.51. The number of hydrogen-bond donors (Lipinski definition) is 2. The van der Waals surface area contributed by atoms with E-state index in [1.54, 1.807) is 0 Å². The van der Waals surface area contributed by atoms with E-state index in [0.29, 0.717) is 11.7 Å². The number of benzene rings is 1. The Labute approximate surface area is 170 Å². The summed E-state index contributed by atoms with van der Waals surface area (Å²) in [6.07, 6.45) is 6.51. The fourth-order valence-corrected chi connectivity index (χ4v) is 4.22. The Bertz CT molecular complexity index is 1060. The first kappa shape index (κ1) is 18.3. The van der Waals surface area contributed by atoms with Crippen molar-refractivity contribution in [3.63, 3.8) is 0 Å². The van der Waals surface area contributed by atoms with E-state index in [9.17, 15) is 4.79 Å². The van der Waals surface area contributed by atoms with Crippen LogP contribution in [0, 0.1) is 0 Å². The molecule has 0 saturated heterocycles. The van der Waals surface area contributed by atoms with Crippen LogP contribution in [0.1, 0.15) is 59.8 Å². The quantitative estimate of drug-likeness (QED) is 0.676. The predicted molar refractivity (Wildman–Crippen MR) is 113 cm³/mol. The third-order valence-corrected chi connectivity index (χ3v) is 5.96. The smallest absolute Gasteiger partial charge is 0.254 e. The van der Waals surface area contributed by atoms with E-state index in [0.717, 1.165) is 55.6 Å². The van der Waals surface area contributed by atoms with Gasteiger partial charge in [-0.1, -0.05) is 24.3 Å². The number of nitrogens with one attached hydrogen (secondary N) is 2. The van der Waals surface area contributed by atoms with Gasteiger partial charge in [-0.3, -0.25) is 14.8 Å². The number of nitrogens with zero attached hydrogens (tertiary/aromatic N) is 3. The van der Waals surface area contributed by atoms with Gasteiger partial charge in [0.1, 0.15) is 5.82 Å². The zero-order valence-electron chi connectivity index (χ0n) is 16.9. The van der Waals surface area contributed by atoms with Gasteiger partial charge in [0.05, 0.1) is 11.4 Å². The molecule has 1 fully saturated rings. The standard InChI is InChI=1S/C23H27N5O/c1-28(14-18-12-21(27-26-18)16-10-11-16)13-15-6-8-17(9-7-15)22-24-20-5-3-2-4-19(20)23(29)25-22/h6-9,12,16H,2-5,10-11,13-14H2,1H3,(H,26,27)(H,24,25,29). The summed E-state index contributed by atoms with van der Waals surface area (Å²) < 4.78 is 0. The van der Waals surface area contributed by atoms with Gasteiger partial charge in [-0.25, -0.2) is 4.98 Å². The molecule has 1 aromatic carbocycles. The van der Waals surface area contributed by atoms with Gasteiger partial charge in [-0.15, -0.1) is 0 Å². The summed E-state index contributed by atoms with van der Waals surface area (Å²) in [5, 5.41) is 7.60. The molecule has 1 saturated carbocycles. The van der Waals surface area contributed by atoms with Crippen LogP contribution in [0.2, 0.25) is 0 Å². The molecule has 0 spiro atoms. The fraction of sp³-hybridized carbons (Fsp3) is 0.435. The van der Waals surface area contributed by atoms with Crippen molar-refractivity contribution in [2.24, 2.45) is 0 Å². The van der Waals surface area contributed by atoms with E-state index in [4.69, 9.17) is 4.98 Å². The molecule has 0 aliphatic heterocycles. The molecule has 0 bridgehead atoms. The van der Waals surface area contributed by atoms with Crippen molar-refractivity contribution in [1.29, 1.82) is 0 Å². The van der Waals surface area contributed by atoms with Crippen molar-refractivity contribution in [1.82, 2.24) is 25.1 Å². The highest BCUT2D eigenvalue weighted by molar-refractivity contribution is 5.55. The topological polar surface area (TPSA) is 77.7 Å². The monoisotopic (exact) mass is 389 g/mol. The molecule has 2 heterocycles. The highest BCUT2D eigenvalue weighted by atomic mass is 16.1. The molecule has 3 aromatic rings. The molecule has 0 atom stereocenters. The lowest BCUT2D eigenvalue weighted by Gasteiger charge is -2.16. The van der Waals surface area contributed by atoms with E-state index in [1.165, 1.54) is 29.8 Å². The molecule has 0 amide bonds. The van der Waals surface area contributed by atoms with Crippen molar-refractivity contribution in [3.05, 3.63) is 68.9 Å². The van der Waals surface area contributed by atoms with Gasteiger partial charge in [0.25, 0.3) is 5.56 Å². The lowest BCUT2D eigenvalue weighted by atomic mass is 9.97. The average molecular weight is 390 g/mol. The number of rotatable bonds is 6. The van der Waals surface area contributed by atoms with Crippen molar-refractivity contribution < 1.29 is 0 Å². The van der Waals surface area contributed by atoms with E-state index in [-0.39, 0.29) is 5.56 Å². The Morgan fingerprint density at radius 1 is 1.10 bits per heavy atom. The van der Waals surface area contributed by atoms with Crippen LogP contribution in [0.25, 0.3) is 11.4 Å². The second-order valence-electron chi connectivity index (χ2n) is 8.51. The van der Waals surface area contributed by atoms with E-state index in [2.05, 4.69) is 57.5 Å². The minimum Gasteiger partial charge on any atom is -0.306 e. The number of fused-ring (bicyclic) bond motifs is 1. The first-order valence-corrected chi connectivity index (χ1v) is 10.6.